The molecule has 1 saturated heterocycles. The summed E-state index contributed by atoms with van der Waals surface area (Å²) in [5, 5.41) is 3.41. The average Bonchev–Trinajstić information content (AvgIpc) is 2.76. The Morgan fingerprint density at radius 3 is 3.24 bits per heavy atom. The lowest BCUT2D eigenvalue weighted by atomic mass is 10.2. The molecule has 96 valence electrons. The molecule has 0 aliphatic carbocycles. The van der Waals surface area contributed by atoms with Crippen molar-refractivity contribution >= 4 is 0 Å². The number of imidazole rings is 1. The molecule has 1 aliphatic rings. The normalized spacial score (nSPS) is 21.9. The molecule has 5 nitrogen and oxygen atoms in total. The Morgan fingerprint density at radius 1 is 1.65 bits per heavy atom. The Bertz CT molecular complexity index is 339. The van der Waals surface area contributed by atoms with Gasteiger partial charge in [-0.15, -0.1) is 0 Å². The molecule has 2 N–H and O–H groups in total. The van der Waals surface area contributed by atoms with Gasteiger partial charge in [-0.1, -0.05) is 6.92 Å². The van der Waals surface area contributed by atoms with Gasteiger partial charge in [-0.3, -0.25) is 4.90 Å². The summed E-state index contributed by atoms with van der Waals surface area (Å²) in [6.07, 6.45) is 2.05. The molecule has 2 rings (SSSR count). The van der Waals surface area contributed by atoms with Crippen molar-refractivity contribution < 1.29 is 4.74 Å². The molecule has 0 radical (unpaired) electrons. The quantitative estimate of drug-likeness (QED) is 0.785. The van der Waals surface area contributed by atoms with Crippen molar-refractivity contribution in [2.45, 2.75) is 26.5 Å². The number of H-pyrrole nitrogens is 1. The summed E-state index contributed by atoms with van der Waals surface area (Å²) in [6.45, 7) is 9.99. The zero-order chi connectivity index (χ0) is 12.1. The minimum absolute atomic E-state index is 0.308. The predicted molar refractivity (Wildman–Crippen MR) is 66.9 cm³/mol. The second-order valence-electron chi connectivity index (χ2n) is 4.49. The number of ether oxygens (including phenoxy) is 1. The highest BCUT2D eigenvalue weighted by atomic mass is 16.5. The highest BCUT2D eigenvalue weighted by Crippen LogP contribution is 2.04. The SMILES string of the molecule is CCN1CCOC(CNCc2nc[nH]c2C)C1. The van der Waals surface area contributed by atoms with E-state index in [2.05, 4.69) is 27.1 Å². The Hall–Kier alpha value is -0.910. The first kappa shape index (κ1) is 12.5. The van der Waals surface area contributed by atoms with Gasteiger partial charge in [-0.05, 0) is 13.5 Å². The van der Waals surface area contributed by atoms with Gasteiger partial charge in [0.2, 0.25) is 0 Å². The summed E-state index contributed by atoms with van der Waals surface area (Å²) in [5.41, 5.74) is 2.23. The van der Waals surface area contributed by atoms with E-state index in [1.54, 1.807) is 6.33 Å². The lowest BCUT2D eigenvalue weighted by molar-refractivity contribution is -0.0254. The topological polar surface area (TPSA) is 53.2 Å². The Labute approximate surface area is 103 Å². The van der Waals surface area contributed by atoms with Crippen LogP contribution < -0.4 is 5.32 Å². The van der Waals surface area contributed by atoms with Crippen molar-refractivity contribution in [3.63, 3.8) is 0 Å². The lowest BCUT2D eigenvalue weighted by Crippen LogP contribution is -2.46. The van der Waals surface area contributed by atoms with Crippen LogP contribution in [0.1, 0.15) is 18.3 Å². The molecule has 2 heterocycles. The molecule has 0 spiro atoms. The minimum Gasteiger partial charge on any atom is -0.374 e. The van der Waals surface area contributed by atoms with E-state index < -0.39 is 0 Å². The molecule has 1 atom stereocenters. The zero-order valence-corrected chi connectivity index (χ0v) is 10.7. The van der Waals surface area contributed by atoms with Crippen LogP contribution >= 0.6 is 0 Å². The second-order valence-corrected chi connectivity index (χ2v) is 4.49. The Balaban J connectivity index is 1.70. The summed E-state index contributed by atoms with van der Waals surface area (Å²) in [6, 6.07) is 0. The van der Waals surface area contributed by atoms with E-state index in [-0.39, 0.29) is 0 Å². The highest BCUT2D eigenvalue weighted by Gasteiger charge is 2.18. The van der Waals surface area contributed by atoms with E-state index in [0.29, 0.717) is 6.10 Å². The first-order valence-corrected chi connectivity index (χ1v) is 6.33. The second kappa shape index (κ2) is 6.14. The van der Waals surface area contributed by atoms with Crippen LogP contribution in [-0.4, -0.2) is 53.8 Å². The molecule has 1 aromatic heterocycles. The molecule has 0 aromatic carbocycles. The third-order valence-electron chi connectivity index (χ3n) is 3.27. The minimum atomic E-state index is 0.308. The number of nitrogens with zero attached hydrogens (tertiary/aromatic N) is 2. The van der Waals surface area contributed by atoms with Crippen LogP contribution in [0.25, 0.3) is 0 Å². The standard InChI is InChI=1S/C12H22N4O/c1-3-16-4-5-17-11(8-16)6-13-7-12-10(2)14-9-15-12/h9,11,13H,3-8H2,1-2H3,(H,14,15). The molecule has 0 amide bonds. The van der Waals surface area contributed by atoms with Crippen molar-refractivity contribution in [2.24, 2.45) is 0 Å². The Morgan fingerprint density at radius 2 is 2.53 bits per heavy atom. The van der Waals surface area contributed by atoms with Crippen LogP contribution in [0.5, 0.6) is 0 Å². The van der Waals surface area contributed by atoms with Crippen molar-refractivity contribution in [3.8, 4) is 0 Å². The number of morpholine rings is 1. The largest absolute Gasteiger partial charge is 0.374 e. The summed E-state index contributed by atoms with van der Waals surface area (Å²) >= 11 is 0. The number of rotatable bonds is 5. The fourth-order valence-electron chi connectivity index (χ4n) is 2.11. The molecule has 0 bridgehead atoms. The van der Waals surface area contributed by atoms with Crippen LogP contribution in [0.4, 0.5) is 0 Å². The first-order valence-electron chi connectivity index (χ1n) is 6.33. The maximum Gasteiger partial charge on any atom is 0.0925 e. The lowest BCUT2D eigenvalue weighted by Gasteiger charge is -2.32. The van der Waals surface area contributed by atoms with Crippen LogP contribution in [0, 0.1) is 6.92 Å². The number of likely N-dealkylation sites (N-methyl/N-ethyl adjacent to an activating group) is 1. The molecule has 1 aliphatic heterocycles. The molecule has 1 fully saturated rings. The van der Waals surface area contributed by atoms with E-state index in [9.17, 15) is 0 Å². The predicted octanol–water partition coefficient (Wildman–Crippen LogP) is 0.528. The fourth-order valence-corrected chi connectivity index (χ4v) is 2.11. The summed E-state index contributed by atoms with van der Waals surface area (Å²) in [4.78, 5) is 9.77. The number of hydrogen-bond acceptors (Lipinski definition) is 4. The summed E-state index contributed by atoms with van der Waals surface area (Å²) < 4.78 is 5.73. The third kappa shape index (κ3) is 3.52. The monoisotopic (exact) mass is 238 g/mol. The Kier molecular flexibility index (Phi) is 4.53. The van der Waals surface area contributed by atoms with Crippen LogP contribution in [0.15, 0.2) is 6.33 Å². The van der Waals surface area contributed by atoms with E-state index in [0.717, 1.165) is 50.7 Å². The van der Waals surface area contributed by atoms with Gasteiger partial charge in [-0.25, -0.2) is 4.98 Å². The number of aromatic nitrogens is 2. The van der Waals surface area contributed by atoms with Gasteiger partial charge in [0.25, 0.3) is 0 Å². The van der Waals surface area contributed by atoms with E-state index >= 15 is 0 Å². The van der Waals surface area contributed by atoms with E-state index in [1.807, 2.05) is 6.92 Å². The average molecular weight is 238 g/mol. The number of aromatic amines is 1. The maximum atomic E-state index is 5.73. The van der Waals surface area contributed by atoms with E-state index in [4.69, 9.17) is 4.74 Å². The first-order chi connectivity index (χ1) is 8.29. The van der Waals surface area contributed by atoms with Gasteiger partial charge in [0.15, 0.2) is 0 Å². The van der Waals surface area contributed by atoms with Gasteiger partial charge < -0.3 is 15.0 Å². The van der Waals surface area contributed by atoms with Gasteiger partial charge in [0.1, 0.15) is 0 Å². The maximum absolute atomic E-state index is 5.73. The van der Waals surface area contributed by atoms with Crippen molar-refractivity contribution in [2.75, 3.05) is 32.8 Å². The van der Waals surface area contributed by atoms with Gasteiger partial charge in [0.05, 0.1) is 24.7 Å². The summed E-state index contributed by atoms with van der Waals surface area (Å²) in [5.74, 6) is 0. The van der Waals surface area contributed by atoms with Crippen molar-refractivity contribution in [1.82, 2.24) is 20.2 Å². The van der Waals surface area contributed by atoms with Crippen molar-refractivity contribution in [1.29, 1.82) is 0 Å². The third-order valence-corrected chi connectivity index (χ3v) is 3.27. The van der Waals surface area contributed by atoms with Gasteiger partial charge in [-0.2, -0.15) is 0 Å². The number of aryl methyl sites for hydroxylation is 1. The molecular formula is C12H22N4O. The fraction of sp³-hybridized carbons (Fsp3) is 0.750. The molecule has 5 heteroatoms. The molecule has 0 saturated carbocycles. The summed E-state index contributed by atoms with van der Waals surface area (Å²) in [7, 11) is 0. The van der Waals surface area contributed by atoms with Gasteiger partial charge >= 0.3 is 0 Å². The van der Waals surface area contributed by atoms with Crippen molar-refractivity contribution in [3.05, 3.63) is 17.7 Å². The molecule has 1 aromatic rings. The zero-order valence-electron chi connectivity index (χ0n) is 10.7. The number of nitrogens with one attached hydrogen (secondary N) is 2. The van der Waals surface area contributed by atoms with Gasteiger partial charge in [0, 0.05) is 31.9 Å². The van der Waals surface area contributed by atoms with Crippen LogP contribution in [0.2, 0.25) is 0 Å². The molecule has 1 unspecified atom stereocenters. The highest BCUT2D eigenvalue weighted by molar-refractivity contribution is 5.07. The van der Waals surface area contributed by atoms with Crippen LogP contribution in [-0.2, 0) is 11.3 Å². The molecular weight excluding hydrogens is 216 g/mol. The molecule has 17 heavy (non-hydrogen) atoms. The van der Waals surface area contributed by atoms with E-state index in [1.165, 1.54) is 0 Å². The number of hydrogen-bond donors (Lipinski definition) is 2. The smallest absolute Gasteiger partial charge is 0.0925 e. The van der Waals surface area contributed by atoms with Crippen LogP contribution in [0.3, 0.4) is 0 Å².